The molecule has 0 saturated carbocycles. The van der Waals surface area contributed by atoms with Gasteiger partial charge in [-0.15, -0.1) is 0 Å². The van der Waals surface area contributed by atoms with Gasteiger partial charge in [0.2, 0.25) is 0 Å². The minimum absolute atomic E-state index is 0.0899. The average molecular weight is 373 g/mol. The molecule has 3 N–H and O–H groups in total. The second-order valence-electron chi connectivity index (χ2n) is 5.89. The maximum absolute atomic E-state index is 12.8. The molecule has 0 bridgehead atoms. The molecular formula is C17H15N3O5S. The standard InChI is InChI=1S/C17H15N3O5S/c21-16-12-8-11(4-5-14(12)25-7-6-18-16)26(23,24)20-13-3-1-2-10-9-19-17(22)15(10)13/h1-5,8,20H,6-7,9H2,(H,18,21)(H,19,22). The van der Waals surface area contributed by atoms with Gasteiger partial charge < -0.3 is 15.4 Å². The summed E-state index contributed by atoms with van der Waals surface area (Å²) in [5, 5.41) is 5.30. The highest BCUT2D eigenvalue weighted by Crippen LogP contribution is 2.28. The zero-order chi connectivity index (χ0) is 18.3. The lowest BCUT2D eigenvalue weighted by molar-refractivity contribution is 0.0952. The number of hydrogen-bond acceptors (Lipinski definition) is 5. The zero-order valence-electron chi connectivity index (χ0n) is 13.5. The molecule has 134 valence electrons. The molecule has 8 nitrogen and oxygen atoms in total. The smallest absolute Gasteiger partial charge is 0.261 e. The van der Waals surface area contributed by atoms with Crippen LogP contribution in [0.4, 0.5) is 5.69 Å². The molecule has 2 aliphatic heterocycles. The van der Waals surface area contributed by atoms with E-state index in [1.165, 1.54) is 24.3 Å². The summed E-state index contributed by atoms with van der Waals surface area (Å²) in [5.74, 6) is -0.388. The Morgan fingerprint density at radius 2 is 1.88 bits per heavy atom. The molecule has 26 heavy (non-hydrogen) atoms. The Hall–Kier alpha value is -3.07. The molecule has 0 fully saturated rings. The van der Waals surface area contributed by atoms with Crippen molar-refractivity contribution in [1.82, 2.24) is 10.6 Å². The molecule has 2 aliphatic rings. The van der Waals surface area contributed by atoms with Gasteiger partial charge in [0.25, 0.3) is 21.8 Å². The number of hydrogen-bond donors (Lipinski definition) is 3. The third-order valence-corrected chi connectivity index (χ3v) is 5.58. The second-order valence-corrected chi connectivity index (χ2v) is 7.57. The van der Waals surface area contributed by atoms with Crippen molar-refractivity contribution >= 4 is 27.5 Å². The summed E-state index contributed by atoms with van der Waals surface area (Å²) in [6.45, 7) is 1.02. The van der Waals surface area contributed by atoms with Crippen molar-refractivity contribution in [2.45, 2.75) is 11.4 Å². The molecule has 0 spiro atoms. The van der Waals surface area contributed by atoms with Crippen LogP contribution in [-0.2, 0) is 16.6 Å². The van der Waals surface area contributed by atoms with E-state index in [-0.39, 0.29) is 22.1 Å². The summed E-state index contributed by atoms with van der Waals surface area (Å²) in [6, 6.07) is 9.05. The number of rotatable bonds is 3. The van der Waals surface area contributed by atoms with Crippen LogP contribution in [0.1, 0.15) is 26.3 Å². The molecule has 0 aliphatic carbocycles. The Kier molecular flexibility index (Phi) is 3.80. The van der Waals surface area contributed by atoms with Crippen LogP contribution in [0.25, 0.3) is 0 Å². The third kappa shape index (κ3) is 2.76. The van der Waals surface area contributed by atoms with Gasteiger partial charge in [-0.1, -0.05) is 12.1 Å². The second kappa shape index (κ2) is 6.03. The topological polar surface area (TPSA) is 114 Å². The number of ether oxygens (including phenoxy) is 1. The predicted octanol–water partition coefficient (Wildman–Crippen LogP) is 0.853. The lowest BCUT2D eigenvalue weighted by Crippen LogP contribution is -2.24. The van der Waals surface area contributed by atoms with E-state index in [0.29, 0.717) is 31.0 Å². The SMILES string of the molecule is O=C1NCCOc2ccc(S(=O)(=O)Nc3cccc4c3C(=O)NC4)cc21. The van der Waals surface area contributed by atoms with E-state index in [9.17, 15) is 18.0 Å². The van der Waals surface area contributed by atoms with E-state index in [4.69, 9.17) is 4.74 Å². The first-order chi connectivity index (χ1) is 12.5. The quantitative estimate of drug-likeness (QED) is 0.738. The molecule has 2 aromatic rings. The van der Waals surface area contributed by atoms with Gasteiger partial charge in [0.05, 0.1) is 28.3 Å². The fourth-order valence-corrected chi connectivity index (χ4v) is 4.07. The van der Waals surface area contributed by atoms with Crippen LogP contribution in [0.3, 0.4) is 0 Å². The number of fused-ring (bicyclic) bond motifs is 2. The highest BCUT2D eigenvalue weighted by molar-refractivity contribution is 7.92. The summed E-state index contributed by atoms with van der Waals surface area (Å²) in [6.07, 6.45) is 0. The largest absolute Gasteiger partial charge is 0.491 e. The van der Waals surface area contributed by atoms with Gasteiger partial charge in [-0.05, 0) is 29.8 Å². The molecule has 2 aromatic carbocycles. The number of sulfonamides is 1. The molecule has 2 heterocycles. The van der Waals surface area contributed by atoms with E-state index < -0.39 is 15.9 Å². The minimum Gasteiger partial charge on any atom is -0.491 e. The van der Waals surface area contributed by atoms with Crippen molar-refractivity contribution in [3.8, 4) is 5.75 Å². The Morgan fingerprint density at radius 3 is 2.73 bits per heavy atom. The number of carbonyl (C=O) groups is 2. The van der Waals surface area contributed by atoms with E-state index in [2.05, 4.69) is 15.4 Å². The third-order valence-electron chi connectivity index (χ3n) is 4.21. The molecular weight excluding hydrogens is 358 g/mol. The number of nitrogens with one attached hydrogen (secondary N) is 3. The van der Waals surface area contributed by atoms with E-state index >= 15 is 0 Å². The van der Waals surface area contributed by atoms with Crippen LogP contribution >= 0.6 is 0 Å². The van der Waals surface area contributed by atoms with E-state index in [1.807, 2.05) is 0 Å². The monoisotopic (exact) mass is 373 g/mol. The fraction of sp³-hybridized carbons (Fsp3) is 0.176. The summed E-state index contributed by atoms with van der Waals surface area (Å²) in [4.78, 5) is 24.0. The van der Waals surface area contributed by atoms with Crippen LogP contribution in [0, 0.1) is 0 Å². The van der Waals surface area contributed by atoms with Gasteiger partial charge in [0.1, 0.15) is 12.4 Å². The maximum Gasteiger partial charge on any atom is 0.261 e. The highest BCUT2D eigenvalue weighted by Gasteiger charge is 2.26. The number of anilines is 1. The molecule has 4 rings (SSSR count). The van der Waals surface area contributed by atoms with Crippen molar-refractivity contribution in [2.75, 3.05) is 17.9 Å². The van der Waals surface area contributed by atoms with Crippen molar-refractivity contribution in [3.05, 3.63) is 53.1 Å². The molecule has 0 radical (unpaired) electrons. The lowest BCUT2D eigenvalue weighted by atomic mass is 10.1. The Bertz CT molecular complexity index is 1030. The molecule has 0 aromatic heterocycles. The maximum atomic E-state index is 12.8. The van der Waals surface area contributed by atoms with Crippen molar-refractivity contribution in [2.24, 2.45) is 0 Å². The van der Waals surface area contributed by atoms with Crippen molar-refractivity contribution in [3.63, 3.8) is 0 Å². The number of benzene rings is 2. The van der Waals surface area contributed by atoms with Gasteiger partial charge in [-0.2, -0.15) is 0 Å². The van der Waals surface area contributed by atoms with Crippen LogP contribution in [0.15, 0.2) is 41.3 Å². The van der Waals surface area contributed by atoms with Gasteiger partial charge in [-0.3, -0.25) is 14.3 Å². The molecule has 0 saturated heterocycles. The summed E-state index contributed by atoms with van der Waals surface area (Å²) in [7, 11) is -3.99. The minimum atomic E-state index is -3.99. The Balaban J connectivity index is 1.72. The van der Waals surface area contributed by atoms with Gasteiger partial charge in [0.15, 0.2) is 0 Å². The van der Waals surface area contributed by atoms with Crippen LogP contribution in [0.2, 0.25) is 0 Å². The first-order valence-electron chi connectivity index (χ1n) is 7.94. The Morgan fingerprint density at radius 1 is 1.04 bits per heavy atom. The van der Waals surface area contributed by atoms with E-state index in [1.54, 1.807) is 12.1 Å². The van der Waals surface area contributed by atoms with Crippen molar-refractivity contribution < 1.29 is 22.7 Å². The van der Waals surface area contributed by atoms with Gasteiger partial charge >= 0.3 is 0 Å². The first-order valence-corrected chi connectivity index (χ1v) is 9.42. The summed E-state index contributed by atoms with van der Waals surface area (Å²) >= 11 is 0. The average Bonchev–Trinajstić information content (AvgIpc) is 2.90. The van der Waals surface area contributed by atoms with Gasteiger partial charge in [-0.25, -0.2) is 8.42 Å². The van der Waals surface area contributed by atoms with Crippen LogP contribution in [-0.4, -0.2) is 33.4 Å². The zero-order valence-corrected chi connectivity index (χ0v) is 14.4. The normalized spacial score (nSPS) is 15.8. The molecule has 2 amide bonds. The first kappa shape index (κ1) is 16.4. The van der Waals surface area contributed by atoms with Gasteiger partial charge in [0, 0.05) is 6.54 Å². The van der Waals surface area contributed by atoms with Crippen LogP contribution < -0.4 is 20.1 Å². The number of amides is 2. The highest BCUT2D eigenvalue weighted by atomic mass is 32.2. The lowest BCUT2D eigenvalue weighted by Gasteiger charge is -2.12. The fourth-order valence-electron chi connectivity index (χ4n) is 2.97. The molecule has 0 atom stereocenters. The van der Waals surface area contributed by atoms with Crippen molar-refractivity contribution in [1.29, 1.82) is 0 Å². The number of carbonyl (C=O) groups excluding carboxylic acids is 2. The predicted molar refractivity (Wildman–Crippen MR) is 92.7 cm³/mol. The summed E-state index contributed by atoms with van der Waals surface area (Å²) in [5.41, 5.74) is 1.39. The molecule has 9 heteroatoms. The Labute approximate surface area is 149 Å². The van der Waals surface area contributed by atoms with Crippen LogP contribution in [0.5, 0.6) is 5.75 Å². The summed E-state index contributed by atoms with van der Waals surface area (Å²) < 4.78 is 33.4. The molecule has 0 unspecified atom stereocenters. The van der Waals surface area contributed by atoms with E-state index in [0.717, 1.165) is 5.56 Å².